The predicted octanol–water partition coefficient (Wildman–Crippen LogP) is 6.04. The fourth-order valence-electron chi connectivity index (χ4n) is 4.14. The van der Waals surface area contributed by atoms with Crippen molar-refractivity contribution in [2.24, 2.45) is 0 Å². The Morgan fingerprint density at radius 1 is 0.972 bits per heavy atom. The molecule has 0 bridgehead atoms. The molecule has 1 atom stereocenters. The van der Waals surface area contributed by atoms with Gasteiger partial charge < -0.3 is 19.3 Å². The Morgan fingerprint density at radius 3 is 2.28 bits per heavy atom. The van der Waals surface area contributed by atoms with Gasteiger partial charge in [-0.05, 0) is 48.9 Å². The maximum Gasteiger partial charge on any atom is 0.300 e. The van der Waals surface area contributed by atoms with Crippen LogP contribution in [0.3, 0.4) is 0 Å². The van der Waals surface area contributed by atoms with Crippen LogP contribution >= 0.6 is 23.2 Å². The van der Waals surface area contributed by atoms with E-state index < -0.39 is 23.5 Å². The van der Waals surface area contributed by atoms with Gasteiger partial charge in [0, 0.05) is 16.8 Å². The van der Waals surface area contributed by atoms with Gasteiger partial charge in [0.15, 0.2) is 0 Å². The van der Waals surface area contributed by atoms with Crippen LogP contribution in [0, 0.1) is 0 Å². The first-order valence-corrected chi connectivity index (χ1v) is 11.8. The highest BCUT2D eigenvalue weighted by Crippen LogP contribution is 2.45. The number of methoxy groups -OCH3 is 2. The van der Waals surface area contributed by atoms with Crippen molar-refractivity contribution in [1.82, 2.24) is 0 Å². The van der Waals surface area contributed by atoms with Crippen molar-refractivity contribution in [2.45, 2.75) is 13.0 Å². The second kappa shape index (κ2) is 10.5. The zero-order valence-electron chi connectivity index (χ0n) is 19.7. The van der Waals surface area contributed by atoms with E-state index in [-0.39, 0.29) is 27.7 Å². The molecule has 3 aromatic rings. The number of Topliss-reactive ketones (excluding diaryl/α,β-unsaturated/α-hetero) is 1. The van der Waals surface area contributed by atoms with E-state index in [2.05, 4.69) is 0 Å². The summed E-state index contributed by atoms with van der Waals surface area (Å²) in [5.74, 6) is -0.994. The van der Waals surface area contributed by atoms with Gasteiger partial charge in [-0.15, -0.1) is 0 Å². The van der Waals surface area contributed by atoms with E-state index in [1.165, 1.54) is 31.3 Å². The van der Waals surface area contributed by atoms with Crippen LogP contribution in [-0.4, -0.2) is 37.6 Å². The lowest BCUT2D eigenvalue weighted by Gasteiger charge is -2.26. The van der Waals surface area contributed by atoms with Gasteiger partial charge >= 0.3 is 0 Å². The molecule has 1 aliphatic rings. The first-order valence-electron chi connectivity index (χ1n) is 11.0. The molecule has 7 nitrogen and oxygen atoms in total. The number of aliphatic hydroxyl groups is 1. The Morgan fingerprint density at radius 2 is 1.67 bits per heavy atom. The number of halogens is 2. The van der Waals surface area contributed by atoms with Gasteiger partial charge in [0.2, 0.25) is 0 Å². The lowest BCUT2D eigenvalue weighted by Crippen LogP contribution is -2.29. The lowest BCUT2D eigenvalue weighted by atomic mass is 9.94. The SMILES string of the molecule is CCOc1ccc(C2/C(=C(\O)c3cc(OC)c(Cl)cc3OC)C(=O)C(=O)N2c2cccc(Cl)c2)cc1. The van der Waals surface area contributed by atoms with Crippen molar-refractivity contribution in [3.8, 4) is 17.2 Å². The van der Waals surface area contributed by atoms with E-state index >= 15 is 0 Å². The van der Waals surface area contributed by atoms with Gasteiger partial charge in [-0.25, -0.2) is 0 Å². The van der Waals surface area contributed by atoms with Gasteiger partial charge in [0.05, 0.1) is 43.0 Å². The largest absolute Gasteiger partial charge is 0.507 e. The van der Waals surface area contributed by atoms with Crippen molar-refractivity contribution in [3.05, 3.63) is 87.4 Å². The van der Waals surface area contributed by atoms with Crippen LogP contribution in [0.25, 0.3) is 5.76 Å². The molecule has 36 heavy (non-hydrogen) atoms. The molecule has 1 heterocycles. The quantitative estimate of drug-likeness (QED) is 0.229. The molecule has 1 aliphatic heterocycles. The van der Waals surface area contributed by atoms with E-state index in [1.807, 2.05) is 6.92 Å². The Kier molecular flexibility index (Phi) is 7.43. The number of nitrogens with zero attached hydrogens (tertiary/aromatic N) is 1. The van der Waals surface area contributed by atoms with Crippen LogP contribution in [0.1, 0.15) is 24.1 Å². The van der Waals surface area contributed by atoms with Crippen molar-refractivity contribution < 1.29 is 28.9 Å². The third-order valence-electron chi connectivity index (χ3n) is 5.77. The summed E-state index contributed by atoms with van der Waals surface area (Å²) in [5, 5.41) is 12.1. The van der Waals surface area contributed by atoms with Gasteiger partial charge in [0.25, 0.3) is 11.7 Å². The summed E-state index contributed by atoms with van der Waals surface area (Å²) >= 11 is 12.4. The number of benzene rings is 3. The average Bonchev–Trinajstić information content (AvgIpc) is 3.14. The fraction of sp³-hybridized carbons (Fsp3) is 0.185. The zero-order valence-corrected chi connectivity index (χ0v) is 21.3. The molecule has 0 aromatic heterocycles. The molecule has 1 amide bonds. The number of hydrogen-bond acceptors (Lipinski definition) is 6. The molecule has 0 spiro atoms. The smallest absolute Gasteiger partial charge is 0.300 e. The maximum absolute atomic E-state index is 13.4. The summed E-state index contributed by atoms with van der Waals surface area (Å²) in [6.45, 7) is 2.36. The van der Waals surface area contributed by atoms with Gasteiger partial charge in [0.1, 0.15) is 23.0 Å². The molecule has 0 aliphatic carbocycles. The van der Waals surface area contributed by atoms with E-state index in [4.69, 9.17) is 37.4 Å². The highest BCUT2D eigenvalue weighted by atomic mass is 35.5. The number of carbonyl (C=O) groups is 2. The summed E-state index contributed by atoms with van der Waals surface area (Å²) < 4.78 is 16.2. The number of anilines is 1. The van der Waals surface area contributed by atoms with Crippen molar-refractivity contribution in [3.63, 3.8) is 0 Å². The van der Waals surface area contributed by atoms with Crippen LogP contribution in [-0.2, 0) is 9.59 Å². The topological polar surface area (TPSA) is 85.3 Å². The maximum atomic E-state index is 13.4. The highest BCUT2D eigenvalue weighted by molar-refractivity contribution is 6.52. The monoisotopic (exact) mass is 527 g/mol. The predicted molar refractivity (Wildman–Crippen MR) is 138 cm³/mol. The number of carbonyl (C=O) groups excluding carboxylic acids is 2. The standard InChI is InChI=1S/C27H23Cl2NO6/c1-4-36-18-10-8-15(9-11-18)24-23(25(31)19-13-22(35-3)20(29)14-21(19)34-2)26(32)27(33)30(24)17-7-5-6-16(28)12-17/h5-14,24,31H,4H2,1-3H3/b25-23+. The third-order valence-corrected chi connectivity index (χ3v) is 6.30. The van der Waals surface area contributed by atoms with Crippen LogP contribution in [0.4, 0.5) is 5.69 Å². The van der Waals surface area contributed by atoms with Crippen LogP contribution in [0.5, 0.6) is 17.2 Å². The molecule has 9 heteroatoms. The van der Waals surface area contributed by atoms with E-state index in [0.717, 1.165) is 0 Å². The normalized spacial score (nSPS) is 16.8. The Hall–Kier alpha value is -3.68. The Balaban J connectivity index is 1.97. The van der Waals surface area contributed by atoms with Crippen molar-refractivity contribution in [2.75, 3.05) is 25.7 Å². The number of aliphatic hydroxyl groups excluding tert-OH is 1. The summed E-state index contributed by atoms with van der Waals surface area (Å²) in [5.41, 5.74) is 1.02. The zero-order chi connectivity index (χ0) is 26.0. The molecule has 1 N–H and O–H groups in total. The van der Waals surface area contributed by atoms with Crippen LogP contribution in [0.2, 0.25) is 10.0 Å². The highest BCUT2D eigenvalue weighted by Gasteiger charge is 2.47. The number of ketones is 1. The van der Waals surface area contributed by atoms with Gasteiger partial charge in [-0.2, -0.15) is 0 Å². The molecule has 1 unspecified atom stereocenters. The number of hydrogen-bond donors (Lipinski definition) is 1. The molecule has 1 fully saturated rings. The summed E-state index contributed by atoms with van der Waals surface area (Å²) in [6.07, 6.45) is 0. The van der Waals surface area contributed by atoms with Crippen LogP contribution in [0.15, 0.2) is 66.2 Å². The average molecular weight is 528 g/mol. The lowest BCUT2D eigenvalue weighted by molar-refractivity contribution is -0.132. The Bertz CT molecular complexity index is 1350. The third kappa shape index (κ3) is 4.59. The molecule has 0 radical (unpaired) electrons. The van der Waals surface area contributed by atoms with E-state index in [9.17, 15) is 14.7 Å². The first kappa shape index (κ1) is 25.4. The first-order chi connectivity index (χ1) is 17.3. The van der Waals surface area contributed by atoms with Crippen LogP contribution < -0.4 is 19.1 Å². The minimum atomic E-state index is -0.953. The second-order valence-electron chi connectivity index (χ2n) is 7.84. The van der Waals surface area contributed by atoms with Gasteiger partial charge in [-0.1, -0.05) is 41.4 Å². The Labute approximate surface area is 218 Å². The summed E-state index contributed by atoms with van der Waals surface area (Å²) in [6, 6.07) is 15.5. The van der Waals surface area contributed by atoms with Gasteiger partial charge in [-0.3, -0.25) is 14.5 Å². The summed E-state index contributed by atoms with van der Waals surface area (Å²) in [7, 11) is 2.83. The molecule has 1 saturated heterocycles. The molecule has 0 saturated carbocycles. The minimum absolute atomic E-state index is 0.119. The minimum Gasteiger partial charge on any atom is -0.507 e. The number of rotatable bonds is 7. The molecule has 186 valence electrons. The molecule has 3 aromatic carbocycles. The van der Waals surface area contributed by atoms with E-state index in [0.29, 0.717) is 28.6 Å². The van der Waals surface area contributed by atoms with Crippen molar-refractivity contribution in [1.29, 1.82) is 0 Å². The number of amides is 1. The number of ether oxygens (including phenoxy) is 3. The van der Waals surface area contributed by atoms with Crippen molar-refractivity contribution >= 4 is 46.3 Å². The second-order valence-corrected chi connectivity index (χ2v) is 8.68. The van der Waals surface area contributed by atoms with E-state index in [1.54, 1.807) is 48.5 Å². The fourth-order valence-corrected chi connectivity index (χ4v) is 4.56. The molecular formula is C27H23Cl2NO6. The summed E-state index contributed by atoms with van der Waals surface area (Å²) in [4.78, 5) is 28.0. The molecule has 4 rings (SSSR count). The molecular weight excluding hydrogens is 505 g/mol.